The summed E-state index contributed by atoms with van der Waals surface area (Å²) in [7, 11) is 0. The van der Waals surface area contributed by atoms with E-state index in [4.69, 9.17) is 17.3 Å². The number of aliphatic carboxylic acids is 1. The van der Waals surface area contributed by atoms with E-state index in [0.29, 0.717) is 16.3 Å². The molecule has 0 radical (unpaired) electrons. The number of carbonyl (C=O) groups is 3. The van der Waals surface area contributed by atoms with Crippen LogP contribution in [0.25, 0.3) is 5.65 Å². The number of aromatic nitrogens is 5. The molecule has 4 rings (SSSR count). The average Bonchev–Trinajstić information content (AvgIpc) is 3.30. The lowest BCUT2D eigenvalue weighted by Gasteiger charge is -2.49. The summed E-state index contributed by atoms with van der Waals surface area (Å²) in [6.07, 6.45) is 0. The number of carboxylic acid groups (broad SMARTS) is 1. The van der Waals surface area contributed by atoms with Crippen molar-refractivity contribution < 1.29 is 24.6 Å². The third-order valence-corrected chi connectivity index (χ3v) is 7.40. The summed E-state index contributed by atoms with van der Waals surface area (Å²) in [5, 5.41) is 38.9. The number of hydrogen-bond acceptors (Lipinski definition) is 13. The van der Waals surface area contributed by atoms with Gasteiger partial charge in [-0.3, -0.25) is 14.5 Å². The number of nitrogens with two attached hydrogens (primary N) is 1. The van der Waals surface area contributed by atoms with E-state index in [2.05, 4.69) is 31.1 Å². The number of β-lactam (4-membered cyclic amide) rings is 1. The average molecular weight is 528 g/mol. The Morgan fingerprint density at radius 1 is 1.41 bits per heavy atom. The van der Waals surface area contributed by atoms with Crippen molar-refractivity contribution >= 4 is 64.2 Å². The molecule has 0 aromatic carbocycles. The molecule has 15 nitrogen and oxygen atoms in total. The second-order valence-corrected chi connectivity index (χ2v) is 9.22. The standard InChI is InChI=1S/C16H14ClN9O6S2/c17-2-7(27)9(22-32)13(28)19-10-14(29)25-11(16(30)31)5(4-34-15(10)25)3-33-8-1-6(18)12-20-23-24-26(12)21-8/h1,10,15,27H,2-4,18H2,(H,19,28)(H,30,31)/t10?,15-/m1/s1. The molecule has 2 atom stereocenters. The summed E-state index contributed by atoms with van der Waals surface area (Å²) in [5.74, 6) is -3.90. The van der Waals surface area contributed by atoms with Crippen LogP contribution in [-0.4, -0.2) is 87.0 Å². The minimum atomic E-state index is -1.31. The molecule has 5 N–H and O–H groups in total. The molecular formula is C16H14ClN9O6S2. The summed E-state index contributed by atoms with van der Waals surface area (Å²) in [5.41, 5.74) is 5.90. The van der Waals surface area contributed by atoms with E-state index < -0.39 is 46.5 Å². The van der Waals surface area contributed by atoms with Gasteiger partial charge in [-0.2, -0.15) is 0 Å². The number of nitrogens with zero attached hydrogens (tertiary/aromatic N) is 7. The van der Waals surface area contributed by atoms with E-state index in [0.717, 1.165) is 9.53 Å². The highest BCUT2D eigenvalue weighted by Gasteiger charge is 2.54. The third-order valence-electron chi connectivity index (χ3n) is 4.82. The predicted octanol–water partition coefficient (Wildman–Crippen LogP) is -0.293. The fraction of sp³-hybridized carbons (Fsp3) is 0.312. The molecule has 2 aromatic heterocycles. The van der Waals surface area contributed by atoms with Crippen LogP contribution in [0, 0.1) is 4.91 Å². The Morgan fingerprint density at radius 2 is 2.18 bits per heavy atom. The number of anilines is 1. The second-order valence-electron chi connectivity index (χ2n) is 6.86. The topological polar surface area (TPSA) is 218 Å². The minimum absolute atomic E-state index is 0.188. The zero-order chi connectivity index (χ0) is 24.6. The number of nitrogen functional groups attached to an aromatic ring is 1. The number of halogens is 1. The fourth-order valence-corrected chi connectivity index (χ4v) is 5.78. The van der Waals surface area contributed by atoms with Crippen LogP contribution >= 0.6 is 35.1 Å². The van der Waals surface area contributed by atoms with E-state index in [1.165, 1.54) is 23.5 Å². The lowest BCUT2D eigenvalue weighted by Crippen LogP contribution is -2.70. The molecule has 2 aliphatic rings. The van der Waals surface area contributed by atoms with Crippen LogP contribution in [0.15, 0.2) is 39.0 Å². The molecule has 2 amide bonds. The van der Waals surface area contributed by atoms with Crippen LogP contribution in [0.4, 0.5) is 5.69 Å². The fourth-order valence-electron chi connectivity index (χ4n) is 3.27. The molecule has 2 aromatic rings. The Balaban J connectivity index is 1.51. The van der Waals surface area contributed by atoms with E-state index >= 15 is 0 Å². The first-order valence-electron chi connectivity index (χ1n) is 9.26. The van der Waals surface area contributed by atoms with Crippen LogP contribution in [0.2, 0.25) is 0 Å². The predicted molar refractivity (Wildman–Crippen MR) is 120 cm³/mol. The van der Waals surface area contributed by atoms with Crippen LogP contribution < -0.4 is 11.1 Å². The van der Waals surface area contributed by atoms with Crippen molar-refractivity contribution in [2.45, 2.75) is 16.4 Å². The van der Waals surface area contributed by atoms with Gasteiger partial charge in [-0.05, 0) is 27.2 Å². The molecule has 34 heavy (non-hydrogen) atoms. The molecule has 0 saturated carbocycles. The maximum Gasteiger partial charge on any atom is 0.352 e. The number of alkyl halides is 1. The molecule has 4 heterocycles. The minimum Gasteiger partial charge on any atom is -0.508 e. The Hall–Kier alpha value is -3.44. The largest absolute Gasteiger partial charge is 0.508 e. The number of aliphatic hydroxyl groups is 1. The van der Waals surface area contributed by atoms with Crippen molar-refractivity contribution in [1.82, 2.24) is 35.5 Å². The first kappa shape index (κ1) is 23.7. The van der Waals surface area contributed by atoms with E-state index in [9.17, 15) is 29.5 Å². The first-order valence-corrected chi connectivity index (χ1v) is 11.8. The van der Waals surface area contributed by atoms with Crippen molar-refractivity contribution in [3.05, 3.63) is 33.7 Å². The maximum atomic E-state index is 12.7. The Morgan fingerprint density at radius 3 is 2.85 bits per heavy atom. The quantitative estimate of drug-likeness (QED) is 0.0866. The van der Waals surface area contributed by atoms with Crippen LogP contribution in [0.1, 0.15) is 0 Å². The lowest BCUT2D eigenvalue weighted by atomic mass is 10.0. The molecule has 0 aliphatic carbocycles. The number of carboxylic acids is 1. The third kappa shape index (κ3) is 4.12. The summed E-state index contributed by atoms with van der Waals surface area (Å²) in [6, 6.07) is 0.448. The van der Waals surface area contributed by atoms with Gasteiger partial charge >= 0.3 is 5.97 Å². The Kier molecular flexibility index (Phi) is 6.58. The molecule has 178 valence electrons. The van der Waals surface area contributed by atoms with Gasteiger partial charge in [0.15, 0.2) is 0 Å². The molecule has 18 heteroatoms. The van der Waals surface area contributed by atoms with Crippen LogP contribution in [-0.2, 0) is 14.4 Å². The number of tetrazole rings is 1. The number of nitroso groups, excluding NO2 is 1. The number of aliphatic hydroxyl groups excluding tert-OH is 1. The first-order chi connectivity index (χ1) is 16.3. The van der Waals surface area contributed by atoms with Gasteiger partial charge in [-0.15, -0.1) is 43.1 Å². The highest BCUT2D eigenvalue weighted by Crippen LogP contribution is 2.41. The van der Waals surface area contributed by atoms with Crippen molar-refractivity contribution in [3.63, 3.8) is 0 Å². The summed E-state index contributed by atoms with van der Waals surface area (Å²) < 4.78 is 1.15. The van der Waals surface area contributed by atoms with Gasteiger partial charge in [0.25, 0.3) is 11.8 Å². The van der Waals surface area contributed by atoms with Gasteiger partial charge in [-0.25, -0.2) is 4.79 Å². The Bertz CT molecular complexity index is 1280. The number of amides is 2. The van der Waals surface area contributed by atoms with Gasteiger partial charge in [0, 0.05) is 11.5 Å². The molecule has 2 aliphatic heterocycles. The zero-order valence-electron chi connectivity index (χ0n) is 16.8. The maximum absolute atomic E-state index is 12.7. The van der Waals surface area contributed by atoms with Crippen molar-refractivity contribution in [2.24, 2.45) is 5.18 Å². The summed E-state index contributed by atoms with van der Waals surface area (Å²) >= 11 is 7.83. The second kappa shape index (κ2) is 9.43. The lowest BCUT2D eigenvalue weighted by molar-refractivity contribution is -0.150. The number of rotatable bonds is 8. The summed E-state index contributed by atoms with van der Waals surface area (Å²) in [4.78, 5) is 48.8. The van der Waals surface area contributed by atoms with E-state index in [1.54, 1.807) is 6.07 Å². The monoisotopic (exact) mass is 527 g/mol. The van der Waals surface area contributed by atoms with Crippen molar-refractivity contribution in [2.75, 3.05) is 23.1 Å². The number of hydrogen-bond donors (Lipinski definition) is 4. The number of nitrogens with one attached hydrogen (secondary N) is 1. The number of thioether (sulfide) groups is 2. The van der Waals surface area contributed by atoms with Gasteiger partial charge < -0.3 is 21.3 Å². The van der Waals surface area contributed by atoms with Gasteiger partial charge in [-0.1, -0.05) is 11.8 Å². The Labute approximate surface area is 202 Å². The molecular weight excluding hydrogens is 514 g/mol. The molecule has 1 saturated heterocycles. The highest BCUT2D eigenvalue weighted by atomic mass is 35.5. The normalized spacial score (nSPS) is 20.5. The highest BCUT2D eigenvalue weighted by molar-refractivity contribution is 8.01. The number of fused-ring (bicyclic) bond motifs is 2. The molecule has 1 unspecified atom stereocenters. The molecule has 0 bridgehead atoms. The van der Waals surface area contributed by atoms with Gasteiger partial charge in [0.1, 0.15) is 27.9 Å². The van der Waals surface area contributed by atoms with E-state index in [-0.39, 0.29) is 22.8 Å². The number of carbonyl (C=O) groups excluding carboxylic acids is 2. The summed E-state index contributed by atoms with van der Waals surface area (Å²) in [6.45, 7) is 0. The van der Waals surface area contributed by atoms with E-state index in [1.807, 2.05) is 0 Å². The van der Waals surface area contributed by atoms with Gasteiger partial charge in [0.05, 0.1) is 11.6 Å². The number of allylic oxidation sites excluding steroid dienone is 1. The molecule has 0 spiro atoms. The zero-order valence-corrected chi connectivity index (χ0v) is 19.2. The van der Waals surface area contributed by atoms with Crippen molar-refractivity contribution in [3.8, 4) is 0 Å². The molecule has 1 fully saturated rings. The van der Waals surface area contributed by atoms with Crippen LogP contribution in [0.3, 0.4) is 0 Å². The van der Waals surface area contributed by atoms with Gasteiger partial charge in [0.2, 0.25) is 11.3 Å². The van der Waals surface area contributed by atoms with Crippen LogP contribution in [0.5, 0.6) is 0 Å². The van der Waals surface area contributed by atoms with Crippen molar-refractivity contribution in [1.29, 1.82) is 0 Å². The smallest absolute Gasteiger partial charge is 0.352 e. The SMILES string of the molecule is Nc1cc(SCC2=C(C(=O)O)N3C(=O)C(NC(=O)C(N=O)=C(O)CCl)[C@H]3SC2)nn2nnnc12.